The van der Waals surface area contributed by atoms with E-state index < -0.39 is 0 Å². The first-order chi connectivity index (χ1) is 9.57. The van der Waals surface area contributed by atoms with Gasteiger partial charge in [-0.25, -0.2) is 0 Å². The van der Waals surface area contributed by atoms with Gasteiger partial charge in [0.2, 0.25) is 0 Å². The maximum Gasteiger partial charge on any atom is 0.0516 e. The fraction of sp³-hybridized carbons (Fsp3) is 0.647. The van der Waals surface area contributed by atoms with Crippen LogP contribution in [0.1, 0.15) is 51.6 Å². The Kier molecular flexibility index (Phi) is 5.48. The van der Waals surface area contributed by atoms with E-state index in [0.717, 1.165) is 11.6 Å². The quantitative estimate of drug-likeness (QED) is 0.873. The molecule has 1 unspecified atom stereocenters. The second-order valence-corrected chi connectivity index (χ2v) is 6.62. The average Bonchev–Trinajstić information content (AvgIpc) is 2.46. The number of nitrogens with zero attached hydrogens (tertiary/aromatic N) is 1. The Morgan fingerprint density at radius 1 is 1.20 bits per heavy atom. The van der Waals surface area contributed by atoms with Crippen LogP contribution >= 0.6 is 11.6 Å². The molecule has 20 heavy (non-hydrogen) atoms. The minimum atomic E-state index is 0.0709. The number of hydrogen-bond donors (Lipinski definition) is 1. The SMILES string of the molecule is CCNC(c1ccccc1Cl)C(C)(C)N1CCCCC1. The number of piperidine rings is 1. The first-order valence-corrected chi connectivity index (χ1v) is 8.18. The van der Waals surface area contributed by atoms with Crippen molar-refractivity contribution >= 4 is 11.6 Å². The van der Waals surface area contributed by atoms with Gasteiger partial charge in [-0.05, 0) is 58.0 Å². The third-order valence-electron chi connectivity index (χ3n) is 4.50. The lowest BCUT2D eigenvalue weighted by Gasteiger charge is -2.46. The van der Waals surface area contributed by atoms with E-state index >= 15 is 0 Å². The third kappa shape index (κ3) is 3.36. The van der Waals surface area contributed by atoms with Gasteiger partial charge in [0.15, 0.2) is 0 Å². The highest BCUT2D eigenvalue weighted by molar-refractivity contribution is 6.31. The van der Waals surface area contributed by atoms with Gasteiger partial charge in [0, 0.05) is 10.6 Å². The molecule has 1 aromatic carbocycles. The lowest BCUT2D eigenvalue weighted by Crippen LogP contribution is -2.54. The number of benzene rings is 1. The molecule has 1 aliphatic rings. The molecule has 2 rings (SSSR count). The second kappa shape index (κ2) is 6.93. The first kappa shape index (κ1) is 15.8. The van der Waals surface area contributed by atoms with E-state index in [1.807, 2.05) is 12.1 Å². The summed E-state index contributed by atoms with van der Waals surface area (Å²) in [5.41, 5.74) is 1.29. The highest BCUT2D eigenvalue weighted by Crippen LogP contribution is 2.36. The molecule has 0 saturated carbocycles. The van der Waals surface area contributed by atoms with Crippen LogP contribution in [-0.2, 0) is 0 Å². The highest BCUT2D eigenvalue weighted by atomic mass is 35.5. The summed E-state index contributed by atoms with van der Waals surface area (Å²) in [5, 5.41) is 4.52. The largest absolute Gasteiger partial charge is 0.309 e. The molecule has 0 amide bonds. The zero-order chi connectivity index (χ0) is 14.6. The van der Waals surface area contributed by atoms with E-state index in [9.17, 15) is 0 Å². The van der Waals surface area contributed by atoms with E-state index in [-0.39, 0.29) is 11.6 Å². The summed E-state index contributed by atoms with van der Waals surface area (Å²) in [6, 6.07) is 8.49. The van der Waals surface area contributed by atoms with Gasteiger partial charge < -0.3 is 5.32 Å². The molecule has 1 aromatic rings. The maximum absolute atomic E-state index is 6.44. The number of rotatable bonds is 5. The van der Waals surface area contributed by atoms with E-state index in [2.05, 4.69) is 43.1 Å². The minimum Gasteiger partial charge on any atom is -0.309 e. The molecule has 3 heteroatoms. The summed E-state index contributed by atoms with van der Waals surface area (Å²) in [7, 11) is 0. The summed E-state index contributed by atoms with van der Waals surface area (Å²) >= 11 is 6.44. The molecule has 0 aromatic heterocycles. The van der Waals surface area contributed by atoms with Crippen LogP contribution in [0.2, 0.25) is 5.02 Å². The minimum absolute atomic E-state index is 0.0709. The van der Waals surface area contributed by atoms with Gasteiger partial charge in [-0.2, -0.15) is 0 Å². The second-order valence-electron chi connectivity index (χ2n) is 6.21. The van der Waals surface area contributed by atoms with Crippen molar-refractivity contribution in [2.45, 2.75) is 51.6 Å². The summed E-state index contributed by atoms with van der Waals surface area (Å²) in [6.07, 6.45) is 3.99. The van der Waals surface area contributed by atoms with Crippen molar-refractivity contribution in [2.75, 3.05) is 19.6 Å². The van der Waals surface area contributed by atoms with Crippen molar-refractivity contribution < 1.29 is 0 Å². The summed E-state index contributed by atoms with van der Waals surface area (Å²) in [4.78, 5) is 2.62. The molecule has 1 fully saturated rings. The molecule has 0 spiro atoms. The van der Waals surface area contributed by atoms with Crippen molar-refractivity contribution in [3.05, 3.63) is 34.9 Å². The molecule has 1 saturated heterocycles. The van der Waals surface area contributed by atoms with Gasteiger partial charge in [-0.3, -0.25) is 4.90 Å². The van der Waals surface area contributed by atoms with E-state index in [0.29, 0.717) is 0 Å². The first-order valence-electron chi connectivity index (χ1n) is 7.80. The zero-order valence-corrected chi connectivity index (χ0v) is 13.7. The number of likely N-dealkylation sites (N-methyl/N-ethyl adjacent to an activating group) is 1. The highest BCUT2D eigenvalue weighted by Gasteiger charge is 2.37. The average molecular weight is 295 g/mol. The van der Waals surface area contributed by atoms with Gasteiger partial charge in [0.25, 0.3) is 0 Å². The van der Waals surface area contributed by atoms with Crippen LogP contribution in [0, 0.1) is 0 Å². The van der Waals surface area contributed by atoms with E-state index in [1.165, 1.54) is 37.9 Å². The lowest BCUT2D eigenvalue weighted by atomic mass is 9.85. The predicted octanol–water partition coefficient (Wildman–Crippen LogP) is 4.26. The van der Waals surface area contributed by atoms with Crippen molar-refractivity contribution in [3.8, 4) is 0 Å². The predicted molar refractivity (Wildman–Crippen MR) is 87.4 cm³/mol. The zero-order valence-electron chi connectivity index (χ0n) is 13.0. The molecule has 0 radical (unpaired) electrons. The van der Waals surface area contributed by atoms with E-state index in [1.54, 1.807) is 0 Å². The van der Waals surface area contributed by atoms with Crippen LogP contribution in [0.5, 0.6) is 0 Å². The van der Waals surface area contributed by atoms with Crippen LogP contribution in [0.25, 0.3) is 0 Å². The number of hydrogen-bond acceptors (Lipinski definition) is 2. The normalized spacial score (nSPS) is 19.0. The monoisotopic (exact) mass is 294 g/mol. The summed E-state index contributed by atoms with van der Waals surface area (Å²) < 4.78 is 0. The van der Waals surface area contributed by atoms with Crippen LogP contribution < -0.4 is 5.32 Å². The van der Waals surface area contributed by atoms with Crippen LogP contribution in [0.15, 0.2) is 24.3 Å². The summed E-state index contributed by atoms with van der Waals surface area (Å²) in [5.74, 6) is 0. The topological polar surface area (TPSA) is 15.3 Å². The Morgan fingerprint density at radius 3 is 2.45 bits per heavy atom. The maximum atomic E-state index is 6.44. The van der Waals surface area contributed by atoms with Crippen LogP contribution in [0.4, 0.5) is 0 Å². The van der Waals surface area contributed by atoms with Gasteiger partial charge in [-0.1, -0.05) is 43.1 Å². The van der Waals surface area contributed by atoms with E-state index in [4.69, 9.17) is 11.6 Å². The molecule has 2 nitrogen and oxygen atoms in total. The van der Waals surface area contributed by atoms with Gasteiger partial charge >= 0.3 is 0 Å². The molecular weight excluding hydrogens is 268 g/mol. The Bertz CT molecular complexity index is 425. The number of nitrogens with one attached hydrogen (secondary N) is 1. The molecule has 112 valence electrons. The summed E-state index contributed by atoms with van der Waals surface area (Å²) in [6.45, 7) is 10.2. The van der Waals surface area contributed by atoms with Gasteiger partial charge in [-0.15, -0.1) is 0 Å². The van der Waals surface area contributed by atoms with Crippen molar-refractivity contribution in [1.82, 2.24) is 10.2 Å². The third-order valence-corrected chi connectivity index (χ3v) is 4.85. The number of halogens is 1. The Hall–Kier alpha value is -0.570. The van der Waals surface area contributed by atoms with Gasteiger partial charge in [0.05, 0.1) is 6.04 Å². The van der Waals surface area contributed by atoms with Crippen molar-refractivity contribution in [3.63, 3.8) is 0 Å². The Morgan fingerprint density at radius 2 is 1.85 bits per heavy atom. The molecule has 0 bridgehead atoms. The molecule has 1 aliphatic heterocycles. The number of likely N-dealkylation sites (tertiary alicyclic amines) is 1. The van der Waals surface area contributed by atoms with Gasteiger partial charge in [0.1, 0.15) is 0 Å². The Balaban J connectivity index is 2.29. The molecule has 1 heterocycles. The molecule has 1 N–H and O–H groups in total. The Labute approximate surface area is 128 Å². The fourth-order valence-electron chi connectivity index (χ4n) is 3.31. The van der Waals surface area contributed by atoms with Crippen molar-refractivity contribution in [2.24, 2.45) is 0 Å². The standard InChI is InChI=1S/C17H27ClN2/c1-4-19-16(14-10-6-7-11-15(14)18)17(2,3)20-12-8-5-9-13-20/h6-7,10-11,16,19H,4-5,8-9,12-13H2,1-3H3. The molecule has 0 aliphatic carbocycles. The van der Waals surface area contributed by atoms with Crippen molar-refractivity contribution in [1.29, 1.82) is 0 Å². The van der Waals surface area contributed by atoms with Crippen LogP contribution in [0.3, 0.4) is 0 Å². The fourth-order valence-corrected chi connectivity index (χ4v) is 3.55. The smallest absolute Gasteiger partial charge is 0.0516 e. The lowest BCUT2D eigenvalue weighted by molar-refractivity contribution is 0.0613. The molecule has 1 atom stereocenters. The molecular formula is C17H27ClN2. The van der Waals surface area contributed by atoms with Crippen LogP contribution in [-0.4, -0.2) is 30.1 Å².